The van der Waals surface area contributed by atoms with Gasteiger partial charge in [0.1, 0.15) is 12.4 Å². The van der Waals surface area contributed by atoms with Gasteiger partial charge in [-0.1, -0.05) is 37.8 Å². The van der Waals surface area contributed by atoms with E-state index in [0.717, 1.165) is 11.3 Å². The summed E-state index contributed by atoms with van der Waals surface area (Å²) in [6, 6.07) is 7.94. The first kappa shape index (κ1) is 14.4. The van der Waals surface area contributed by atoms with E-state index < -0.39 is 0 Å². The molecule has 2 N–H and O–H groups in total. The Hall–Kier alpha value is -1.06. The van der Waals surface area contributed by atoms with E-state index in [0.29, 0.717) is 25.9 Å². The summed E-state index contributed by atoms with van der Waals surface area (Å²) in [7, 11) is 0. The molecule has 2 rings (SSSR count). The van der Waals surface area contributed by atoms with Crippen LogP contribution in [0.3, 0.4) is 0 Å². The molecule has 0 aliphatic heterocycles. The fraction of sp³-hybridized carbons (Fsp3) is 0.625. The molecule has 3 heteroatoms. The summed E-state index contributed by atoms with van der Waals surface area (Å²) < 4.78 is 11.6. The largest absolute Gasteiger partial charge is 0.491 e. The molecule has 0 atom stereocenters. The molecule has 1 aromatic rings. The van der Waals surface area contributed by atoms with Gasteiger partial charge in [0.15, 0.2) is 0 Å². The van der Waals surface area contributed by atoms with Crippen LogP contribution in [0.1, 0.15) is 44.1 Å². The van der Waals surface area contributed by atoms with Crippen molar-refractivity contribution in [3.63, 3.8) is 0 Å². The molecule has 3 nitrogen and oxygen atoms in total. The Morgan fingerprint density at radius 3 is 2.58 bits per heavy atom. The maximum absolute atomic E-state index is 5.89. The fourth-order valence-corrected chi connectivity index (χ4v) is 2.55. The van der Waals surface area contributed by atoms with Crippen molar-refractivity contribution in [1.82, 2.24) is 0 Å². The number of hydrogen-bond acceptors (Lipinski definition) is 3. The topological polar surface area (TPSA) is 44.5 Å². The average Bonchev–Trinajstić information content (AvgIpc) is 2.72. The van der Waals surface area contributed by atoms with Gasteiger partial charge >= 0.3 is 0 Å². The Morgan fingerprint density at radius 1 is 1.05 bits per heavy atom. The molecular formula is C16H25NO2. The number of ether oxygens (including phenoxy) is 2. The van der Waals surface area contributed by atoms with Gasteiger partial charge in [-0.3, -0.25) is 0 Å². The third-order valence-electron chi connectivity index (χ3n) is 3.64. The minimum atomic E-state index is 0.446. The minimum Gasteiger partial charge on any atom is -0.491 e. The summed E-state index contributed by atoms with van der Waals surface area (Å²) in [6.07, 6.45) is 8.21. The number of nitrogens with two attached hydrogens (primary N) is 1. The molecule has 106 valence electrons. The molecule has 1 aliphatic carbocycles. The van der Waals surface area contributed by atoms with Crippen LogP contribution >= 0.6 is 0 Å². The zero-order chi connectivity index (χ0) is 13.3. The van der Waals surface area contributed by atoms with Crippen LogP contribution in [0.2, 0.25) is 0 Å². The van der Waals surface area contributed by atoms with E-state index >= 15 is 0 Å². The Morgan fingerprint density at radius 2 is 1.84 bits per heavy atom. The molecule has 0 amide bonds. The van der Waals surface area contributed by atoms with Crippen LogP contribution in [0.4, 0.5) is 0 Å². The second-order valence-electron chi connectivity index (χ2n) is 5.18. The van der Waals surface area contributed by atoms with Gasteiger partial charge in [-0.25, -0.2) is 0 Å². The van der Waals surface area contributed by atoms with Crippen molar-refractivity contribution in [2.75, 3.05) is 13.2 Å². The van der Waals surface area contributed by atoms with Crippen LogP contribution in [0.5, 0.6) is 5.75 Å². The summed E-state index contributed by atoms with van der Waals surface area (Å²) in [4.78, 5) is 0. The molecule has 1 aromatic carbocycles. The maximum atomic E-state index is 5.89. The molecule has 0 spiro atoms. The smallest absolute Gasteiger partial charge is 0.119 e. The fourth-order valence-electron chi connectivity index (χ4n) is 2.55. The monoisotopic (exact) mass is 263 g/mol. The van der Waals surface area contributed by atoms with E-state index in [4.69, 9.17) is 15.2 Å². The van der Waals surface area contributed by atoms with Crippen LogP contribution in [0.25, 0.3) is 0 Å². The zero-order valence-corrected chi connectivity index (χ0v) is 11.6. The van der Waals surface area contributed by atoms with Gasteiger partial charge in [0.25, 0.3) is 0 Å². The first-order chi connectivity index (χ1) is 9.38. The second-order valence-corrected chi connectivity index (χ2v) is 5.18. The molecular weight excluding hydrogens is 238 g/mol. The van der Waals surface area contributed by atoms with Gasteiger partial charge in [0, 0.05) is 6.54 Å². The molecule has 0 unspecified atom stereocenters. The Labute approximate surface area is 116 Å². The van der Waals surface area contributed by atoms with Gasteiger partial charge in [0.2, 0.25) is 0 Å². The van der Waals surface area contributed by atoms with Gasteiger partial charge in [-0.2, -0.15) is 0 Å². The molecule has 19 heavy (non-hydrogen) atoms. The molecule has 0 heterocycles. The molecule has 1 fully saturated rings. The maximum Gasteiger partial charge on any atom is 0.119 e. The number of rotatable bonds is 6. The standard InChI is InChI=1S/C16H25NO2/c17-13-14-6-5-9-16(12-14)19-11-10-18-15-7-3-1-2-4-8-15/h5-6,9,12,15H,1-4,7-8,10-11,13,17H2. The highest BCUT2D eigenvalue weighted by Crippen LogP contribution is 2.19. The lowest BCUT2D eigenvalue weighted by molar-refractivity contribution is 0.0254. The molecule has 1 saturated carbocycles. The van der Waals surface area contributed by atoms with Crippen LogP contribution in [0.15, 0.2) is 24.3 Å². The van der Waals surface area contributed by atoms with E-state index in [9.17, 15) is 0 Å². The first-order valence-electron chi connectivity index (χ1n) is 7.42. The quantitative estimate of drug-likeness (QED) is 0.633. The SMILES string of the molecule is NCc1cccc(OCCOC2CCCCCC2)c1. The molecule has 0 aromatic heterocycles. The highest BCUT2D eigenvalue weighted by atomic mass is 16.5. The Kier molecular flexibility index (Phi) is 6.18. The summed E-state index contributed by atoms with van der Waals surface area (Å²) in [5.41, 5.74) is 6.70. The van der Waals surface area contributed by atoms with Crippen LogP contribution in [-0.4, -0.2) is 19.3 Å². The van der Waals surface area contributed by atoms with Crippen LogP contribution in [0, 0.1) is 0 Å². The van der Waals surface area contributed by atoms with E-state index in [1.54, 1.807) is 0 Å². The number of benzene rings is 1. The zero-order valence-electron chi connectivity index (χ0n) is 11.6. The van der Waals surface area contributed by atoms with E-state index in [1.165, 1.54) is 38.5 Å². The minimum absolute atomic E-state index is 0.446. The average molecular weight is 263 g/mol. The van der Waals surface area contributed by atoms with Crippen molar-refractivity contribution < 1.29 is 9.47 Å². The van der Waals surface area contributed by atoms with Gasteiger partial charge in [-0.15, -0.1) is 0 Å². The summed E-state index contributed by atoms with van der Waals surface area (Å²) in [6.45, 7) is 1.85. The predicted octanol–water partition coefficient (Wildman–Crippen LogP) is 3.26. The highest BCUT2D eigenvalue weighted by molar-refractivity contribution is 5.28. The van der Waals surface area contributed by atoms with Crippen molar-refractivity contribution in [3.05, 3.63) is 29.8 Å². The molecule has 0 radical (unpaired) electrons. The van der Waals surface area contributed by atoms with Gasteiger partial charge in [-0.05, 0) is 30.5 Å². The van der Waals surface area contributed by atoms with E-state index in [2.05, 4.69) is 0 Å². The summed E-state index contributed by atoms with van der Waals surface area (Å²) in [5.74, 6) is 0.882. The van der Waals surface area contributed by atoms with Crippen molar-refractivity contribution in [3.8, 4) is 5.75 Å². The summed E-state index contributed by atoms with van der Waals surface area (Å²) >= 11 is 0. The van der Waals surface area contributed by atoms with Crippen molar-refractivity contribution >= 4 is 0 Å². The highest BCUT2D eigenvalue weighted by Gasteiger charge is 2.12. The third kappa shape index (κ3) is 5.21. The first-order valence-corrected chi connectivity index (χ1v) is 7.42. The van der Waals surface area contributed by atoms with Crippen LogP contribution in [-0.2, 0) is 11.3 Å². The second kappa shape index (κ2) is 8.18. The Bertz CT molecular complexity index is 360. The molecule has 1 aliphatic rings. The van der Waals surface area contributed by atoms with Crippen molar-refractivity contribution in [2.24, 2.45) is 5.73 Å². The predicted molar refractivity (Wildman–Crippen MR) is 77.3 cm³/mol. The lowest BCUT2D eigenvalue weighted by Gasteiger charge is -2.15. The number of hydrogen-bond donors (Lipinski definition) is 1. The lowest BCUT2D eigenvalue weighted by atomic mass is 10.1. The van der Waals surface area contributed by atoms with Crippen molar-refractivity contribution in [1.29, 1.82) is 0 Å². The van der Waals surface area contributed by atoms with E-state index in [-0.39, 0.29) is 0 Å². The van der Waals surface area contributed by atoms with E-state index in [1.807, 2.05) is 24.3 Å². The van der Waals surface area contributed by atoms with Gasteiger partial charge in [0.05, 0.1) is 12.7 Å². The van der Waals surface area contributed by atoms with Crippen LogP contribution < -0.4 is 10.5 Å². The van der Waals surface area contributed by atoms with Gasteiger partial charge < -0.3 is 15.2 Å². The molecule has 0 bridgehead atoms. The molecule has 0 saturated heterocycles. The lowest BCUT2D eigenvalue weighted by Crippen LogP contribution is -2.16. The Balaban J connectivity index is 1.65. The van der Waals surface area contributed by atoms with Crippen molar-refractivity contribution in [2.45, 2.75) is 51.2 Å². The third-order valence-corrected chi connectivity index (χ3v) is 3.64. The summed E-state index contributed by atoms with van der Waals surface area (Å²) in [5, 5.41) is 0. The normalized spacial score (nSPS) is 17.1.